The second-order valence-corrected chi connectivity index (χ2v) is 11.8. The first kappa shape index (κ1) is 27.7. The summed E-state index contributed by atoms with van der Waals surface area (Å²) in [5.74, 6) is 0.133. The number of aromatic nitrogens is 2. The summed E-state index contributed by atoms with van der Waals surface area (Å²) in [5.41, 5.74) is 8.81. The van der Waals surface area contributed by atoms with Gasteiger partial charge in [0, 0.05) is 46.8 Å². The highest BCUT2D eigenvalue weighted by atomic mass is 35.5. The van der Waals surface area contributed by atoms with Crippen LogP contribution in [0.25, 0.3) is 11.1 Å². The van der Waals surface area contributed by atoms with E-state index in [4.69, 9.17) is 11.6 Å². The summed E-state index contributed by atoms with van der Waals surface area (Å²) in [6.45, 7) is 9.01. The summed E-state index contributed by atoms with van der Waals surface area (Å²) in [4.78, 5) is 12.2. The molecule has 0 unspecified atom stereocenters. The Morgan fingerprint density at radius 1 is 0.825 bits per heavy atom. The lowest BCUT2D eigenvalue weighted by molar-refractivity contribution is 0.103. The van der Waals surface area contributed by atoms with E-state index in [1.54, 1.807) is 0 Å². The van der Waals surface area contributed by atoms with Crippen LogP contribution >= 0.6 is 11.6 Å². The third-order valence-electron chi connectivity index (χ3n) is 7.69. The van der Waals surface area contributed by atoms with E-state index in [0.717, 1.165) is 42.2 Å². The van der Waals surface area contributed by atoms with Gasteiger partial charge in [0.25, 0.3) is 0 Å². The van der Waals surface area contributed by atoms with Crippen LogP contribution in [-0.4, -0.2) is 14.9 Å². The Morgan fingerprint density at radius 3 is 2.08 bits per heavy atom. The van der Waals surface area contributed by atoms with Crippen molar-refractivity contribution in [1.29, 1.82) is 0 Å². The van der Waals surface area contributed by atoms with E-state index in [1.165, 1.54) is 34.5 Å². The van der Waals surface area contributed by atoms with Gasteiger partial charge in [0.15, 0.2) is 0 Å². The Morgan fingerprint density at radius 2 is 1.45 bits per heavy atom. The lowest BCUT2D eigenvalue weighted by atomic mass is 9.89. The molecule has 0 spiro atoms. The van der Waals surface area contributed by atoms with Gasteiger partial charge in [0.05, 0.1) is 5.69 Å². The lowest BCUT2D eigenvalue weighted by Crippen LogP contribution is -2.12. The van der Waals surface area contributed by atoms with Crippen LogP contribution in [0, 0.1) is 12.3 Å². The molecule has 3 nitrogen and oxygen atoms in total. The van der Waals surface area contributed by atoms with Crippen LogP contribution in [0.1, 0.15) is 53.3 Å². The quantitative estimate of drug-likeness (QED) is 0.207. The zero-order valence-electron chi connectivity index (χ0n) is 23.6. The molecule has 0 radical (unpaired) electrons. The molecule has 7 rings (SSSR count). The maximum absolute atomic E-state index is 12.2. The molecule has 0 N–H and O–H groups in total. The number of fused-ring (bicyclic) bond motifs is 2. The summed E-state index contributed by atoms with van der Waals surface area (Å²) < 4.78 is 4.56. The Kier molecular flexibility index (Phi) is 8.42. The second kappa shape index (κ2) is 12.1. The van der Waals surface area contributed by atoms with Gasteiger partial charge in [0.2, 0.25) is 5.78 Å². The number of hydrogen-bond acceptors (Lipinski definition) is 1. The van der Waals surface area contributed by atoms with E-state index in [2.05, 4.69) is 54.3 Å². The average Bonchev–Trinajstić information content (AvgIpc) is 3.73. The van der Waals surface area contributed by atoms with Gasteiger partial charge in [-0.25, -0.2) is 0 Å². The molecule has 0 saturated heterocycles. The van der Waals surface area contributed by atoms with Gasteiger partial charge in [-0.15, -0.1) is 0 Å². The molecule has 0 bridgehead atoms. The van der Waals surface area contributed by atoms with Gasteiger partial charge in [-0.2, -0.15) is 0 Å². The topological polar surface area (TPSA) is 26.9 Å². The van der Waals surface area contributed by atoms with E-state index in [0.29, 0.717) is 5.41 Å². The Bertz CT molecular complexity index is 1530. The Balaban J connectivity index is 0.000000135. The number of halogens is 1. The summed E-state index contributed by atoms with van der Waals surface area (Å²) in [6.07, 6.45) is 5.72. The molecule has 0 saturated carbocycles. The minimum absolute atomic E-state index is 0.133. The summed E-state index contributed by atoms with van der Waals surface area (Å²) in [7, 11) is 0. The first-order valence-corrected chi connectivity index (χ1v) is 14.4. The molecule has 3 aromatic carbocycles. The molecule has 4 heteroatoms. The number of ketones is 1. The van der Waals surface area contributed by atoms with Crippen LogP contribution in [0.4, 0.5) is 0 Å². The first-order chi connectivity index (χ1) is 19.3. The Labute approximate surface area is 243 Å². The average molecular weight is 549 g/mol. The van der Waals surface area contributed by atoms with Crippen LogP contribution in [-0.2, 0) is 25.9 Å². The number of hydrogen-bond donors (Lipinski definition) is 0. The van der Waals surface area contributed by atoms with Gasteiger partial charge >= 0.3 is 0 Å². The van der Waals surface area contributed by atoms with Crippen molar-refractivity contribution in [2.24, 2.45) is 5.41 Å². The molecule has 204 valence electrons. The number of carbonyl (C=O) groups excluding carboxylic acids is 1. The van der Waals surface area contributed by atoms with Crippen LogP contribution in [0.5, 0.6) is 0 Å². The van der Waals surface area contributed by atoms with Crippen LogP contribution < -0.4 is 0 Å². The molecule has 4 heterocycles. The normalized spacial score (nSPS) is 14.3. The van der Waals surface area contributed by atoms with Crippen molar-refractivity contribution in [2.45, 2.75) is 53.1 Å². The van der Waals surface area contributed by atoms with E-state index >= 15 is 0 Å². The van der Waals surface area contributed by atoms with Crippen molar-refractivity contribution in [1.82, 2.24) is 9.13 Å². The van der Waals surface area contributed by atoms with E-state index < -0.39 is 0 Å². The van der Waals surface area contributed by atoms with Crippen LogP contribution in [0.15, 0.2) is 109 Å². The third-order valence-corrected chi connectivity index (χ3v) is 7.94. The minimum atomic E-state index is 0.133. The van der Waals surface area contributed by atoms with Crippen molar-refractivity contribution in [3.63, 3.8) is 0 Å². The maximum atomic E-state index is 12.2. The summed E-state index contributed by atoms with van der Waals surface area (Å²) in [6, 6.07) is 33.6. The van der Waals surface area contributed by atoms with Crippen molar-refractivity contribution in [3.05, 3.63) is 143 Å². The standard InChI is InChI=1S/C16H18ClN.C14H13NO.C6H6/c1-11-14(12-4-6-13(17)7-5-12)9-18-10-16(2,3)8-15(11)18;16-14(11-5-2-1-3-6-11)13-9-8-12-7-4-10-15(12)13;1-2-4-6-5-3-1/h4-7,9H,8,10H2,1-3H3;1-3,5-6,8-9H,4,7,10H2;1-6H. The minimum Gasteiger partial charge on any atom is -0.350 e. The molecule has 2 aliphatic heterocycles. The molecule has 0 aliphatic carbocycles. The van der Waals surface area contributed by atoms with E-state index in [9.17, 15) is 4.79 Å². The van der Waals surface area contributed by atoms with Gasteiger partial charge in [0.1, 0.15) is 0 Å². The zero-order valence-corrected chi connectivity index (χ0v) is 24.4. The van der Waals surface area contributed by atoms with Crippen molar-refractivity contribution >= 4 is 17.4 Å². The zero-order chi connectivity index (χ0) is 28.1. The number of benzene rings is 3. The van der Waals surface area contributed by atoms with Crippen molar-refractivity contribution in [2.75, 3.05) is 0 Å². The first-order valence-electron chi connectivity index (χ1n) is 14.1. The van der Waals surface area contributed by atoms with Crippen LogP contribution in [0.2, 0.25) is 5.02 Å². The monoisotopic (exact) mass is 548 g/mol. The Hall–Kier alpha value is -3.82. The summed E-state index contributed by atoms with van der Waals surface area (Å²) in [5, 5.41) is 0.796. The molecule has 5 aromatic rings. The van der Waals surface area contributed by atoms with E-state index in [-0.39, 0.29) is 5.78 Å². The van der Waals surface area contributed by atoms with Crippen LogP contribution in [0.3, 0.4) is 0 Å². The number of carbonyl (C=O) groups is 1. The van der Waals surface area contributed by atoms with Crippen molar-refractivity contribution < 1.29 is 4.79 Å². The highest BCUT2D eigenvalue weighted by molar-refractivity contribution is 6.30. The molecule has 2 aliphatic rings. The van der Waals surface area contributed by atoms with Gasteiger partial charge in [-0.05, 0) is 67.0 Å². The number of nitrogens with zero attached hydrogens (tertiary/aromatic N) is 2. The fourth-order valence-corrected chi connectivity index (χ4v) is 5.82. The molecule has 0 fully saturated rings. The molecular formula is C36H37ClN2O. The largest absolute Gasteiger partial charge is 0.350 e. The van der Waals surface area contributed by atoms with E-state index in [1.807, 2.05) is 84.9 Å². The predicted molar refractivity (Wildman–Crippen MR) is 166 cm³/mol. The fourth-order valence-electron chi connectivity index (χ4n) is 5.70. The molecule has 0 amide bonds. The summed E-state index contributed by atoms with van der Waals surface area (Å²) >= 11 is 5.95. The smallest absolute Gasteiger partial charge is 0.209 e. The highest BCUT2D eigenvalue weighted by Gasteiger charge is 2.30. The number of aryl methyl sites for hydroxylation is 1. The molecular weight excluding hydrogens is 512 g/mol. The molecule has 2 aromatic heterocycles. The van der Waals surface area contributed by atoms with Gasteiger partial charge < -0.3 is 9.13 Å². The third kappa shape index (κ3) is 6.32. The fraction of sp³-hybridized carbons (Fsp3) is 0.250. The molecule has 0 atom stereocenters. The van der Waals surface area contributed by atoms with Gasteiger partial charge in [-0.1, -0.05) is 104 Å². The lowest BCUT2D eigenvalue weighted by Gasteiger charge is -2.15. The second-order valence-electron chi connectivity index (χ2n) is 11.4. The predicted octanol–water partition coefficient (Wildman–Crippen LogP) is 9.05. The molecule has 40 heavy (non-hydrogen) atoms. The SMILES string of the molecule is Cc1c(-c2ccc(Cl)cc2)cn2c1CC(C)(C)C2.O=C(c1ccccc1)c1ccc2n1CCC2.c1ccccc1. The highest BCUT2D eigenvalue weighted by Crippen LogP contribution is 2.38. The van der Waals surface area contributed by atoms with Crippen molar-refractivity contribution in [3.8, 4) is 11.1 Å². The van der Waals surface area contributed by atoms with Gasteiger partial charge in [-0.3, -0.25) is 4.79 Å². The maximum Gasteiger partial charge on any atom is 0.209 e. The number of rotatable bonds is 3.